The molecule has 9 heteroatoms. The summed E-state index contributed by atoms with van der Waals surface area (Å²) in [5.74, 6) is 0.465. The lowest BCUT2D eigenvalue weighted by molar-refractivity contribution is -0.115. The minimum absolute atomic E-state index is 0.257. The van der Waals surface area contributed by atoms with Gasteiger partial charge in [-0.05, 0) is 31.2 Å². The average molecular weight is 384 g/mol. The van der Waals surface area contributed by atoms with Gasteiger partial charge in [0.15, 0.2) is 5.76 Å². The molecule has 3 aromatic rings. The van der Waals surface area contributed by atoms with Crippen molar-refractivity contribution in [1.29, 1.82) is 0 Å². The summed E-state index contributed by atoms with van der Waals surface area (Å²) < 4.78 is 10.6. The highest BCUT2D eigenvalue weighted by Crippen LogP contribution is 2.31. The van der Waals surface area contributed by atoms with Gasteiger partial charge in [-0.2, -0.15) is 0 Å². The maximum absolute atomic E-state index is 12.3. The topological polar surface area (TPSA) is 81.2 Å². The van der Waals surface area contributed by atoms with E-state index < -0.39 is 5.25 Å². The quantitative estimate of drug-likeness (QED) is 0.639. The minimum atomic E-state index is -0.482. The van der Waals surface area contributed by atoms with Gasteiger partial charge in [0, 0.05) is 0 Å². The molecule has 0 fully saturated rings. The smallest absolute Gasteiger partial charge is 0.284 e. The molecule has 1 amide bonds. The van der Waals surface area contributed by atoms with E-state index in [0.29, 0.717) is 21.5 Å². The lowest BCUT2D eigenvalue weighted by Gasteiger charge is -2.11. The van der Waals surface area contributed by atoms with Crippen LogP contribution in [0.5, 0.6) is 0 Å². The molecule has 0 aliphatic rings. The fourth-order valence-electron chi connectivity index (χ4n) is 1.80. The van der Waals surface area contributed by atoms with Crippen LogP contribution in [0.2, 0.25) is 10.0 Å². The number of benzene rings is 1. The van der Waals surface area contributed by atoms with Crippen LogP contribution in [0.3, 0.4) is 0 Å². The molecule has 1 aromatic carbocycles. The third kappa shape index (κ3) is 3.75. The van der Waals surface area contributed by atoms with Crippen molar-refractivity contribution in [3.05, 3.63) is 46.6 Å². The molecule has 0 aliphatic heterocycles. The molecule has 1 atom stereocenters. The summed E-state index contributed by atoms with van der Waals surface area (Å²) in [7, 11) is 0. The lowest BCUT2D eigenvalue weighted by atomic mass is 10.3. The first-order valence-corrected chi connectivity index (χ1v) is 8.47. The molecule has 0 saturated heterocycles. The zero-order chi connectivity index (χ0) is 17.1. The Labute approximate surface area is 151 Å². The number of carbonyl (C=O) groups is 1. The normalized spacial score (nSPS) is 12.1. The maximum Gasteiger partial charge on any atom is 0.284 e. The number of hydrogen-bond acceptors (Lipinski definition) is 6. The van der Waals surface area contributed by atoms with Gasteiger partial charge in [0.2, 0.25) is 5.91 Å². The number of furan rings is 1. The van der Waals surface area contributed by atoms with Crippen molar-refractivity contribution in [1.82, 2.24) is 10.2 Å². The maximum atomic E-state index is 12.3. The molecule has 0 spiro atoms. The Morgan fingerprint density at radius 2 is 2.08 bits per heavy atom. The van der Waals surface area contributed by atoms with Gasteiger partial charge in [-0.25, -0.2) is 0 Å². The number of nitrogens with one attached hydrogen (secondary N) is 1. The van der Waals surface area contributed by atoms with E-state index in [9.17, 15) is 4.79 Å². The molecule has 1 unspecified atom stereocenters. The summed E-state index contributed by atoms with van der Waals surface area (Å²) >= 11 is 13.1. The van der Waals surface area contributed by atoms with Gasteiger partial charge in [0.1, 0.15) is 0 Å². The summed E-state index contributed by atoms with van der Waals surface area (Å²) in [6.07, 6.45) is 1.51. The van der Waals surface area contributed by atoms with E-state index in [-0.39, 0.29) is 17.0 Å². The zero-order valence-corrected chi connectivity index (χ0v) is 14.7. The second-order valence-corrected chi connectivity index (χ2v) is 6.78. The van der Waals surface area contributed by atoms with Crippen LogP contribution in [0.25, 0.3) is 11.7 Å². The van der Waals surface area contributed by atoms with E-state index in [0.717, 1.165) is 11.8 Å². The number of hydrogen-bond donors (Lipinski definition) is 1. The number of aromatic nitrogens is 2. The average Bonchev–Trinajstić information content (AvgIpc) is 3.22. The predicted octanol–water partition coefficient (Wildman–Crippen LogP) is 4.76. The largest absolute Gasteiger partial charge is 0.459 e. The molecule has 124 valence electrons. The van der Waals surface area contributed by atoms with Crippen LogP contribution in [-0.2, 0) is 4.79 Å². The van der Waals surface area contributed by atoms with Gasteiger partial charge in [-0.15, -0.1) is 10.2 Å². The number of rotatable bonds is 5. The van der Waals surface area contributed by atoms with Gasteiger partial charge in [-0.1, -0.05) is 41.0 Å². The third-order valence-electron chi connectivity index (χ3n) is 2.99. The summed E-state index contributed by atoms with van der Waals surface area (Å²) in [6, 6.07) is 8.45. The van der Waals surface area contributed by atoms with Crippen molar-refractivity contribution in [2.24, 2.45) is 0 Å². The van der Waals surface area contributed by atoms with Crippen molar-refractivity contribution in [3.8, 4) is 11.7 Å². The molecule has 1 N–H and O–H groups in total. The molecule has 24 heavy (non-hydrogen) atoms. The molecule has 3 rings (SSSR count). The van der Waals surface area contributed by atoms with E-state index in [1.807, 2.05) is 0 Å². The zero-order valence-electron chi connectivity index (χ0n) is 12.3. The van der Waals surface area contributed by atoms with Gasteiger partial charge >= 0.3 is 0 Å². The van der Waals surface area contributed by atoms with Crippen LogP contribution in [0, 0.1) is 0 Å². The first-order chi connectivity index (χ1) is 11.5. The van der Waals surface area contributed by atoms with E-state index in [1.165, 1.54) is 6.26 Å². The van der Waals surface area contributed by atoms with Crippen LogP contribution >= 0.6 is 35.0 Å². The van der Waals surface area contributed by atoms with Gasteiger partial charge in [0.05, 0.1) is 27.2 Å². The number of carbonyl (C=O) groups excluding carboxylic acids is 1. The van der Waals surface area contributed by atoms with Gasteiger partial charge in [-0.3, -0.25) is 4.79 Å². The van der Waals surface area contributed by atoms with Crippen molar-refractivity contribution >= 4 is 46.6 Å². The minimum Gasteiger partial charge on any atom is -0.459 e. The standard InChI is InChI=1S/C15H11Cl2N3O3S/c1-8(13(21)18-10-5-2-4-9(16)12(10)17)24-15-20-19-14(23-15)11-6-3-7-22-11/h2-8H,1H3,(H,18,21). The molecule has 0 radical (unpaired) electrons. The summed E-state index contributed by atoms with van der Waals surface area (Å²) in [5, 5.41) is 10.9. The lowest BCUT2D eigenvalue weighted by Crippen LogP contribution is -2.22. The van der Waals surface area contributed by atoms with Crippen molar-refractivity contribution in [2.75, 3.05) is 5.32 Å². The van der Waals surface area contributed by atoms with Crippen LogP contribution in [0.4, 0.5) is 5.69 Å². The predicted molar refractivity (Wildman–Crippen MR) is 92.4 cm³/mol. The Balaban J connectivity index is 1.65. The highest BCUT2D eigenvalue weighted by molar-refractivity contribution is 8.00. The Hall–Kier alpha value is -1.96. The van der Waals surface area contributed by atoms with E-state index in [2.05, 4.69) is 15.5 Å². The summed E-state index contributed by atoms with van der Waals surface area (Å²) in [4.78, 5) is 12.3. The van der Waals surface area contributed by atoms with Crippen LogP contribution in [0.15, 0.2) is 50.7 Å². The fourth-order valence-corrected chi connectivity index (χ4v) is 2.83. The van der Waals surface area contributed by atoms with Crippen molar-refractivity contribution < 1.29 is 13.6 Å². The highest BCUT2D eigenvalue weighted by Gasteiger charge is 2.20. The Morgan fingerprint density at radius 1 is 1.25 bits per heavy atom. The number of anilines is 1. The molecule has 0 aliphatic carbocycles. The SMILES string of the molecule is CC(Sc1nnc(-c2ccco2)o1)C(=O)Nc1cccc(Cl)c1Cl. The fraction of sp³-hybridized carbons (Fsp3) is 0.133. The number of nitrogens with zero attached hydrogens (tertiary/aromatic N) is 2. The molecule has 2 aromatic heterocycles. The molecule has 2 heterocycles. The van der Waals surface area contributed by atoms with Gasteiger partial charge in [0.25, 0.3) is 11.1 Å². The highest BCUT2D eigenvalue weighted by atomic mass is 35.5. The van der Waals surface area contributed by atoms with Crippen LogP contribution in [-0.4, -0.2) is 21.4 Å². The molecule has 6 nitrogen and oxygen atoms in total. The first-order valence-electron chi connectivity index (χ1n) is 6.83. The van der Waals surface area contributed by atoms with Crippen LogP contribution < -0.4 is 5.32 Å². The molecule has 0 bridgehead atoms. The Kier molecular flexibility index (Phi) is 5.13. The molecule has 0 saturated carbocycles. The number of halogens is 2. The number of amides is 1. The monoisotopic (exact) mass is 383 g/mol. The van der Waals surface area contributed by atoms with Crippen molar-refractivity contribution in [2.45, 2.75) is 17.4 Å². The van der Waals surface area contributed by atoms with E-state index in [1.54, 1.807) is 37.3 Å². The Morgan fingerprint density at radius 3 is 2.83 bits per heavy atom. The number of thioether (sulfide) groups is 1. The molecular weight excluding hydrogens is 373 g/mol. The first kappa shape index (κ1) is 16.9. The Bertz CT molecular complexity index is 852. The summed E-state index contributed by atoms with van der Waals surface area (Å²) in [5.41, 5.74) is 0.448. The summed E-state index contributed by atoms with van der Waals surface area (Å²) in [6.45, 7) is 1.72. The van der Waals surface area contributed by atoms with Crippen molar-refractivity contribution in [3.63, 3.8) is 0 Å². The van der Waals surface area contributed by atoms with E-state index in [4.69, 9.17) is 32.0 Å². The second-order valence-electron chi connectivity index (χ2n) is 4.70. The van der Waals surface area contributed by atoms with Crippen LogP contribution in [0.1, 0.15) is 6.92 Å². The van der Waals surface area contributed by atoms with E-state index >= 15 is 0 Å². The third-order valence-corrected chi connectivity index (χ3v) is 4.75. The second kappa shape index (κ2) is 7.29. The molecular formula is C15H11Cl2N3O3S. The van der Waals surface area contributed by atoms with Gasteiger partial charge < -0.3 is 14.2 Å².